The summed E-state index contributed by atoms with van der Waals surface area (Å²) in [4.78, 5) is 0. The standard InChI is InChI=1S/C10H7F9N2O/c11-7(12,9(15,16)17)8(13,14)10(18,19)22-6-2-1-4(20)3-5(6)21/h1-3H,20-21H2. The van der Waals surface area contributed by atoms with Crippen LogP contribution < -0.4 is 16.2 Å². The van der Waals surface area contributed by atoms with E-state index < -0.39 is 35.6 Å². The van der Waals surface area contributed by atoms with Crippen LogP contribution in [-0.4, -0.2) is 24.1 Å². The topological polar surface area (TPSA) is 61.3 Å². The number of nitrogens with two attached hydrogens (primary N) is 2. The van der Waals surface area contributed by atoms with Crippen molar-refractivity contribution in [2.24, 2.45) is 0 Å². The van der Waals surface area contributed by atoms with Gasteiger partial charge in [0.1, 0.15) is 5.75 Å². The normalized spacial score (nSPS) is 14.0. The van der Waals surface area contributed by atoms with Crippen molar-refractivity contribution in [3.63, 3.8) is 0 Å². The molecule has 0 radical (unpaired) electrons. The predicted octanol–water partition coefficient (Wildman–Crippen LogP) is 3.66. The number of hydrogen-bond donors (Lipinski definition) is 2. The van der Waals surface area contributed by atoms with Gasteiger partial charge in [-0.05, 0) is 18.2 Å². The van der Waals surface area contributed by atoms with Gasteiger partial charge in [0.25, 0.3) is 0 Å². The largest absolute Gasteiger partial charge is 0.471 e. The highest BCUT2D eigenvalue weighted by atomic mass is 19.4. The predicted molar refractivity (Wildman–Crippen MR) is 56.8 cm³/mol. The molecule has 0 amide bonds. The van der Waals surface area contributed by atoms with Crippen LogP contribution >= 0.6 is 0 Å². The molecule has 126 valence electrons. The van der Waals surface area contributed by atoms with Crippen molar-refractivity contribution < 1.29 is 44.3 Å². The van der Waals surface area contributed by atoms with E-state index in [-0.39, 0.29) is 5.69 Å². The van der Waals surface area contributed by atoms with Gasteiger partial charge >= 0.3 is 24.1 Å². The van der Waals surface area contributed by atoms with Crippen molar-refractivity contribution >= 4 is 11.4 Å². The molecule has 0 heterocycles. The highest BCUT2D eigenvalue weighted by molar-refractivity contribution is 5.60. The van der Waals surface area contributed by atoms with Crippen molar-refractivity contribution in [1.29, 1.82) is 0 Å². The van der Waals surface area contributed by atoms with E-state index in [1.54, 1.807) is 0 Å². The highest BCUT2D eigenvalue weighted by Gasteiger charge is 2.83. The second kappa shape index (κ2) is 5.02. The fourth-order valence-corrected chi connectivity index (χ4v) is 1.22. The molecule has 0 atom stereocenters. The molecule has 0 aliphatic heterocycles. The fraction of sp³-hybridized carbons (Fsp3) is 0.400. The maximum absolute atomic E-state index is 13.2. The third-order valence-electron chi connectivity index (χ3n) is 2.39. The minimum atomic E-state index is -7.04. The molecule has 0 saturated heterocycles. The summed E-state index contributed by atoms with van der Waals surface area (Å²) >= 11 is 0. The number of alkyl halides is 9. The smallest absolute Gasteiger partial charge is 0.426 e. The second-order valence-electron chi connectivity index (χ2n) is 4.06. The molecular weight excluding hydrogens is 335 g/mol. The Kier molecular flexibility index (Phi) is 4.12. The Labute approximate surface area is 116 Å². The molecule has 1 aromatic carbocycles. The van der Waals surface area contributed by atoms with Crippen LogP contribution in [0.3, 0.4) is 0 Å². The molecule has 12 heteroatoms. The van der Waals surface area contributed by atoms with Crippen LogP contribution in [0.1, 0.15) is 0 Å². The van der Waals surface area contributed by atoms with Crippen molar-refractivity contribution in [3.8, 4) is 5.75 Å². The number of anilines is 2. The average molecular weight is 342 g/mol. The van der Waals surface area contributed by atoms with Crippen LogP contribution in [0.25, 0.3) is 0 Å². The molecule has 22 heavy (non-hydrogen) atoms. The molecule has 1 rings (SSSR count). The number of hydrogen-bond acceptors (Lipinski definition) is 3. The van der Waals surface area contributed by atoms with Crippen LogP contribution in [-0.2, 0) is 0 Å². The number of halogens is 9. The zero-order valence-electron chi connectivity index (χ0n) is 10.2. The first-order valence-corrected chi connectivity index (χ1v) is 5.17. The van der Waals surface area contributed by atoms with Gasteiger partial charge in [-0.15, -0.1) is 0 Å². The Balaban J connectivity index is 3.22. The van der Waals surface area contributed by atoms with Crippen molar-refractivity contribution in [2.75, 3.05) is 11.5 Å². The van der Waals surface area contributed by atoms with Gasteiger partial charge in [0.05, 0.1) is 5.69 Å². The maximum Gasteiger partial charge on any atom is 0.471 e. The first-order valence-electron chi connectivity index (χ1n) is 5.17. The van der Waals surface area contributed by atoms with Gasteiger partial charge in [-0.1, -0.05) is 0 Å². The van der Waals surface area contributed by atoms with Gasteiger partial charge in [0.2, 0.25) is 0 Å². The van der Waals surface area contributed by atoms with Crippen LogP contribution in [0.2, 0.25) is 0 Å². The zero-order valence-corrected chi connectivity index (χ0v) is 10.2. The Morgan fingerprint density at radius 2 is 1.27 bits per heavy atom. The summed E-state index contributed by atoms with van der Waals surface area (Å²) in [7, 11) is 0. The third kappa shape index (κ3) is 2.81. The lowest BCUT2D eigenvalue weighted by atomic mass is 10.1. The lowest BCUT2D eigenvalue weighted by Crippen LogP contribution is -2.62. The molecule has 3 nitrogen and oxygen atoms in total. The minimum Gasteiger partial charge on any atom is -0.426 e. The molecule has 0 aliphatic rings. The summed E-state index contributed by atoms with van der Waals surface area (Å²) < 4.78 is 116. The van der Waals surface area contributed by atoms with Crippen LogP contribution in [0.5, 0.6) is 5.75 Å². The molecule has 0 spiro atoms. The quantitative estimate of drug-likeness (QED) is 0.649. The molecule has 1 aromatic rings. The van der Waals surface area contributed by atoms with E-state index in [1.807, 2.05) is 0 Å². The number of nitrogen functional groups attached to an aromatic ring is 2. The zero-order chi connectivity index (χ0) is 17.6. The number of rotatable bonds is 4. The Bertz CT molecular complexity index is 556. The summed E-state index contributed by atoms with van der Waals surface area (Å²) in [6, 6.07) is 2.10. The first-order chi connectivity index (χ1) is 9.63. The van der Waals surface area contributed by atoms with Crippen molar-refractivity contribution in [1.82, 2.24) is 0 Å². The maximum atomic E-state index is 13.2. The third-order valence-corrected chi connectivity index (χ3v) is 2.39. The Morgan fingerprint density at radius 3 is 1.68 bits per heavy atom. The molecular formula is C10H7F9N2O. The Hall–Kier alpha value is -2.01. The summed E-state index contributed by atoms with van der Waals surface area (Å²) in [5, 5.41) is 0. The average Bonchev–Trinajstić information content (AvgIpc) is 2.30. The van der Waals surface area contributed by atoms with Crippen LogP contribution in [0.4, 0.5) is 50.9 Å². The van der Waals surface area contributed by atoms with E-state index in [0.29, 0.717) is 6.07 Å². The van der Waals surface area contributed by atoms with Gasteiger partial charge < -0.3 is 16.2 Å². The lowest BCUT2D eigenvalue weighted by molar-refractivity contribution is -0.428. The summed E-state index contributed by atoms with van der Waals surface area (Å²) in [6.07, 6.45) is -13.1. The summed E-state index contributed by atoms with van der Waals surface area (Å²) in [5.41, 5.74) is 9.37. The molecule has 0 saturated carbocycles. The fourth-order valence-electron chi connectivity index (χ4n) is 1.22. The minimum absolute atomic E-state index is 0.111. The van der Waals surface area contributed by atoms with Crippen molar-refractivity contribution in [3.05, 3.63) is 18.2 Å². The second-order valence-corrected chi connectivity index (χ2v) is 4.06. The molecule has 0 bridgehead atoms. The summed E-state index contributed by atoms with van der Waals surface area (Å²) in [5.74, 6) is -15.2. The lowest BCUT2D eigenvalue weighted by Gasteiger charge is -2.33. The Morgan fingerprint density at radius 1 is 0.773 bits per heavy atom. The number of benzene rings is 1. The SMILES string of the molecule is Nc1ccc(OC(F)(F)C(F)(F)C(F)(F)C(F)(F)F)c(N)c1. The van der Waals surface area contributed by atoms with E-state index in [4.69, 9.17) is 11.5 Å². The molecule has 0 unspecified atom stereocenters. The van der Waals surface area contributed by atoms with E-state index in [1.165, 1.54) is 0 Å². The van der Waals surface area contributed by atoms with Crippen molar-refractivity contribution in [2.45, 2.75) is 24.1 Å². The van der Waals surface area contributed by atoms with Gasteiger partial charge in [-0.2, -0.15) is 39.5 Å². The highest BCUT2D eigenvalue weighted by Crippen LogP contribution is 2.53. The van der Waals surface area contributed by atoms with E-state index in [2.05, 4.69) is 4.74 Å². The van der Waals surface area contributed by atoms with E-state index in [0.717, 1.165) is 12.1 Å². The van der Waals surface area contributed by atoms with Gasteiger partial charge in [0.15, 0.2) is 0 Å². The molecule has 0 aromatic heterocycles. The molecule has 0 fully saturated rings. The monoisotopic (exact) mass is 342 g/mol. The van der Waals surface area contributed by atoms with Crippen LogP contribution in [0.15, 0.2) is 18.2 Å². The van der Waals surface area contributed by atoms with Gasteiger partial charge in [0, 0.05) is 5.69 Å². The van der Waals surface area contributed by atoms with Gasteiger partial charge in [-0.3, -0.25) is 0 Å². The van der Waals surface area contributed by atoms with E-state index >= 15 is 0 Å². The molecule has 0 aliphatic carbocycles. The molecule has 4 N–H and O–H groups in total. The van der Waals surface area contributed by atoms with Gasteiger partial charge in [-0.25, -0.2) is 0 Å². The summed E-state index contributed by atoms with van der Waals surface area (Å²) in [6.45, 7) is 0. The first kappa shape index (κ1) is 18.0. The van der Waals surface area contributed by atoms with Crippen LogP contribution in [0, 0.1) is 0 Å². The number of ether oxygens (including phenoxy) is 1. The van der Waals surface area contributed by atoms with E-state index in [9.17, 15) is 39.5 Å².